The van der Waals surface area contributed by atoms with Crippen LogP contribution in [0.1, 0.15) is 71.1 Å². The van der Waals surface area contributed by atoms with Crippen LogP contribution in [-0.2, 0) is 4.74 Å². The van der Waals surface area contributed by atoms with Crippen molar-refractivity contribution in [3.63, 3.8) is 0 Å². The average Bonchev–Trinajstić information content (AvgIpc) is 3.34. The quantitative estimate of drug-likeness (QED) is 0.676. The SMILES string of the molecule is CC(C)(C)CCN1CCN(C(=O)c2ccc3c(c2)C(=O)N(CC2CCCO2)C3=O)CC1. The molecule has 0 saturated carbocycles. The number of carbonyl (C=O) groups excluding carboxylic acids is 3. The minimum Gasteiger partial charge on any atom is -0.376 e. The number of hydrogen-bond acceptors (Lipinski definition) is 5. The van der Waals surface area contributed by atoms with Crippen molar-refractivity contribution in [3.05, 3.63) is 34.9 Å². The Morgan fingerprint density at radius 3 is 2.42 bits per heavy atom. The molecule has 0 aliphatic carbocycles. The van der Waals surface area contributed by atoms with Crippen LogP contribution in [-0.4, -0.2) is 84.4 Å². The highest BCUT2D eigenvalue weighted by Gasteiger charge is 2.38. The van der Waals surface area contributed by atoms with Crippen molar-refractivity contribution in [3.8, 4) is 0 Å². The van der Waals surface area contributed by atoms with E-state index in [0.717, 1.165) is 38.9 Å². The molecule has 7 nitrogen and oxygen atoms in total. The summed E-state index contributed by atoms with van der Waals surface area (Å²) in [5.41, 5.74) is 1.49. The molecular weight excluding hydrogens is 394 g/mol. The molecule has 1 aromatic carbocycles. The Balaban J connectivity index is 1.39. The Hall–Kier alpha value is -2.25. The topological polar surface area (TPSA) is 70.2 Å². The Bertz CT molecular complexity index is 862. The molecule has 2 saturated heterocycles. The van der Waals surface area contributed by atoms with Gasteiger partial charge in [-0.3, -0.25) is 24.2 Å². The largest absolute Gasteiger partial charge is 0.376 e. The van der Waals surface area contributed by atoms with Crippen molar-refractivity contribution >= 4 is 17.7 Å². The summed E-state index contributed by atoms with van der Waals surface area (Å²) >= 11 is 0. The van der Waals surface area contributed by atoms with Gasteiger partial charge in [0.1, 0.15) is 0 Å². The molecule has 4 rings (SSSR count). The lowest BCUT2D eigenvalue weighted by molar-refractivity contribution is 0.0475. The van der Waals surface area contributed by atoms with Crippen LogP contribution >= 0.6 is 0 Å². The van der Waals surface area contributed by atoms with Crippen molar-refractivity contribution in [1.29, 1.82) is 0 Å². The average molecular weight is 428 g/mol. The second-order valence-corrected chi connectivity index (χ2v) is 10.1. The lowest BCUT2D eigenvalue weighted by atomic mass is 9.92. The summed E-state index contributed by atoms with van der Waals surface area (Å²) in [5.74, 6) is -0.685. The normalized spacial score (nSPS) is 22.4. The van der Waals surface area contributed by atoms with Crippen LogP contribution in [0.4, 0.5) is 0 Å². The third-order valence-electron chi connectivity index (χ3n) is 6.47. The van der Waals surface area contributed by atoms with Gasteiger partial charge in [0.2, 0.25) is 0 Å². The number of hydrogen-bond donors (Lipinski definition) is 0. The predicted octanol–water partition coefficient (Wildman–Crippen LogP) is 2.66. The van der Waals surface area contributed by atoms with Crippen molar-refractivity contribution in [1.82, 2.24) is 14.7 Å². The summed E-state index contributed by atoms with van der Waals surface area (Å²) < 4.78 is 5.59. The van der Waals surface area contributed by atoms with Crippen LogP contribution in [0.15, 0.2) is 18.2 Å². The number of ether oxygens (including phenoxy) is 1. The fourth-order valence-electron chi connectivity index (χ4n) is 4.43. The van der Waals surface area contributed by atoms with E-state index >= 15 is 0 Å². The first-order valence-corrected chi connectivity index (χ1v) is 11.4. The molecule has 31 heavy (non-hydrogen) atoms. The molecule has 0 bridgehead atoms. The second kappa shape index (κ2) is 8.71. The summed E-state index contributed by atoms with van der Waals surface area (Å²) in [7, 11) is 0. The molecule has 168 valence electrons. The molecule has 1 aromatic rings. The van der Waals surface area contributed by atoms with E-state index in [1.165, 1.54) is 4.90 Å². The molecule has 3 heterocycles. The molecule has 0 aromatic heterocycles. The predicted molar refractivity (Wildman–Crippen MR) is 117 cm³/mol. The molecule has 0 radical (unpaired) electrons. The molecule has 3 aliphatic heterocycles. The van der Waals surface area contributed by atoms with Gasteiger partial charge in [-0.05, 0) is 49.4 Å². The maximum Gasteiger partial charge on any atom is 0.261 e. The molecule has 0 spiro atoms. The van der Waals surface area contributed by atoms with Crippen LogP contribution < -0.4 is 0 Å². The Morgan fingerprint density at radius 1 is 1.06 bits per heavy atom. The van der Waals surface area contributed by atoms with Crippen molar-refractivity contribution in [2.75, 3.05) is 45.9 Å². The van der Waals surface area contributed by atoms with Gasteiger partial charge in [0.25, 0.3) is 17.7 Å². The van der Waals surface area contributed by atoms with Gasteiger partial charge in [0.15, 0.2) is 0 Å². The van der Waals surface area contributed by atoms with Gasteiger partial charge in [-0.2, -0.15) is 0 Å². The number of carbonyl (C=O) groups is 3. The second-order valence-electron chi connectivity index (χ2n) is 10.1. The van der Waals surface area contributed by atoms with E-state index in [1.807, 2.05) is 4.90 Å². The van der Waals surface area contributed by atoms with Crippen LogP contribution in [0, 0.1) is 5.41 Å². The smallest absolute Gasteiger partial charge is 0.261 e. The third kappa shape index (κ3) is 4.83. The number of benzene rings is 1. The highest BCUT2D eigenvalue weighted by atomic mass is 16.5. The van der Waals surface area contributed by atoms with Crippen LogP contribution in [0.2, 0.25) is 0 Å². The maximum absolute atomic E-state index is 13.0. The molecular formula is C24H33N3O4. The fraction of sp³-hybridized carbons (Fsp3) is 0.625. The van der Waals surface area contributed by atoms with E-state index < -0.39 is 0 Å². The number of rotatable bonds is 5. The van der Waals surface area contributed by atoms with Gasteiger partial charge in [-0.1, -0.05) is 20.8 Å². The zero-order valence-electron chi connectivity index (χ0n) is 18.9. The number of piperazine rings is 1. The highest BCUT2D eigenvalue weighted by molar-refractivity contribution is 6.22. The van der Waals surface area contributed by atoms with Crippen molar-refractivity contribution in [2.24, 2.45) is 5.41 Å². The van der Waals surface area contributed by atoms with E-state index in [-0.39, 0.29) is 30.4 Å². The van der Waals surface area contributed by atoms with Gasteiger partial charge in [-0.15, -0.1) is 0 Å². The van der Waals surface area contributed by atoms with E-state index in [1.54, 1.807) is 18.2 Å². The molecule has 7 heteroatoms. The summed E-state index contributed by atoms with van der Waals surface area (Å²) in [5, 5.41) is 0. The first kappa shape index (κ1) is 22.0. The van der Waals surface area contributed by atoms with Crippen LogP contribution in [0.5, 0.6) is 0 Å². The van der Waals surface area contributed by atoms with Crippen LogP contribution in [0.25, 0.3) is 0 Å². The van der Waals surface area contributed by atoms with Crippen molar-refractivity contribution in [2.45, 2.75) is 46.1 Å². The summed E-state index contributed by atoms with van der Waals surface area (Å²) in [4.78, 5) is 44.1. The van der Waals surface area contributed by atoms with E-state index in [9.17, 15) is 14.4 Å². The van der Waals surface area contributed by atoms with Gasteiger partial charge in [-0.25, -0.2) is 0 Å². The molecule has 0 N–H and O–H groups in total. The van der Waals surface area contributed by atoms with Crippen molar-refractivity contribution < 1.29 is 19.1 Å². The van der Waals surface area contributed by atoms with E-state index in [4.69, 9.17) is 4.74 Å². The standard InChI is InChI=1S/C24H33N3O4/c1-24(2,3)8-9-25-10-12-26(13-11-25)21(28)17-6-7-19-20(15-17)23(30)27(22(19)29)16-18-5-4-14-31-18/h6-7,15,18H,4-5,8-14,16H2,1-3H3. The monoisotopic (exact) mass is 427 g/mol. The van der Waals surface area contributed by atoms with Gasteiger partial charge in [0, 0.05) is 38.3 Å². The maximum atomic E-state index is 13.0. The zero-order chi connectivity index (χ0) is 22.2. The number of imide groups is 1. The molecule has 3 aliphatic rings. The van der Waals surface area contributed by atoms with E-state index in [0.29, 0.717) is 41.8 Å². The van der Waals surface area contributed by atoms with Gasteiger partial charge >= 0.3 is 0 Å². The molecule has 2 fully saturated rings. The van der Waals surface area contributed by atoms with Gasteiger partial charge in [0.05, 0.1) is 23.8 Å². The summed E-state index contributed by atoms with van der Waals surface area (Å²) in [6.45, 7) is 11.8. The molecule has 3 amide bonds. The molecule has 1 unspecified atom stereocenters. The highest BCUT2D eigenvalue weighted by Crippen LogP contribution is 2.27. The summed E-state index contributed by atoms with van der Waals surface area (Å²) in [6.07, 6.45) is 2.86. The van der Waals surface area contributed by atoms with Gasteiger partial charge < -0.3 is 9.64 Å². The first-order valence-electron chi connectivity index (χ1n) is 11.4. The lowest BCUT2D eigenvalue weighted by Gasteiger charge is -2.36. The third-order valence-corrected chi connectivity index (χ3v) is 6.47. The number of fused-ring (bicyclic) bond motifs is 1. The zero-order valence-corrected chi connectivity index (χ0v) is 18.9. The Labute approximate surface area is 184 Å². The lowest BCUT2D eigenvalue weighted by Crippen LogP contribution is -2.49. The minimum atomic E-state index is -0.322. The molecule has 1 atom stereocenters. The Morgan fingerprint density at radius 2 is 1.77 bits per heavy atom. The first-order chi connectivity index (χ1) is 14.7. The number of nitrogens with zero attached hydrogens (tertiary/aromatic N) is 3. The van der Waals surface area contributed by atoms with Crippen LogP contribution in [0.3, 0.4) is 0 Å². The van der Waals surface area contributed by atoms with E-state index in [2.05, 4.69) is 25.7 Å². The number of amides is 3. The Kier molecular flexibility index (Phi) is 6.17. The summed E-state index contributed by atoms with van der Waals surface area (Å²) in [6, 6.07) is 4.89. The fourth-order valence-corrected chi connectivity index (χ4v) is 4.43. The minimum absolute atomic E-state index is 0.0731.